The summed E-state index contributed by atoms with van der Waals surface area (Å²) >= 11 is 1.79. The highest BCUT2D eigenvalue weighted by molar-refractivity contribution is 7.89. The van der Waals surface area contributed by atoms with Crippen LogP contribution in [-0.2, 0) is 23.0 Å². The lowest BCUT2D eigenvalue weighted by atomic mass is 9.97. The molecule has 0 bridgehead atoms. The molecule has 7 heteroatoms. The number of nitrogens with one attached hydrogen (secondary N) is 1. The normalized spacial score (nSPS) is 16.5. The topological polar surface area (TPSA) is 58.6 Å². The molecule has 2 heterocycles. The number of piperidine rings is 1. The van der Waals surface area contributed by atoms with Gasteiger partial charge >= 0.3 is 0 Å². The molecule has 0 atom stereocenters. The van der Waals surface area contributed by atoms with Crippen LogP contribution in [0.25, 0.3) is 0 Å². The molecular weight excluding hydrogens is 380 g/mol. The number of ether oxygens (including phenoxy) is 1. The maximum Gasteiger partial charge on any atom is 0.244 e. The molecule has 0 spiro atoms. The number of benzene rings is 1. The van der Waals surface area contributed by atoms with Crippen molar-refractivity contribution < 1.29 is 13.2 Å². The predicted molar refractivity (Wildman–Crippen MR) is 110 cm³/mol. The third kappa shape index (κ3) is 5.31. The molecule has 0 saturated carbocycles. The average Bonchev–Trinajstić information content (AvgIpc) is 3.20. The van der Waals surface area contributed by atoms with Gasteiger partial charge in [-0.1, -0.05) is 19.1 Å². The van der Waals surface area contributed by atoms with Gasteiger partial charge in [0.15, 0.2) is 0 Å². The summed E-state index contributed by atoms with van der Waals surface area (Å²) in [6.07, 6.45) is 2.81. The first-order chi connectivity index (χ1) is 13.0. The van der Waals surface area contributed by atoms with Gasteiger partial charge in [-0.15, -0.1) is 11.3 Å². The monoisotopic (exact) mass is 408 g/mol. The van der Waals surface area contributed by atoms with Crippen LogP contribution in [0.2, 0.25) is 0 Å². The summed E-state index contributed by atoms with van der Waals surface area (Å²) in [6.45, 7) is 5.51. The standard InChI is InChI=1S/C20H28N2O3S2/c1-3-16-6-7-19(25-2)20(13-16)27(23,24)21-14-17-8-10-22(11-9-17)15-18-5-4-12-26-18/h4-7,12-13,17,21H,3,8-11,14-15H2,1-2H3. The molecule has 1 aromatic carbocycles. The van der Waals surface area contributed by atoms with Gasteiger partial charge in [0.05, 0.1) is 7.11 Å². The van der Waals surface area contributed by atoms with Gasteiger partial charge < -0.3 is 4.74 Å². The van der Waals surface area contributed by atoms with E-state index < -0.39 is 10.0 Å². The van der Waals surface area contributed by atoms with Crippen molar-refractivity contribution >= 4 is 21.4 Å². The fourth-order valence-electron chi connectivity index (χ4n) is 3.43. The number of sulfonamides is 1. The van der Waals surface area contributed by atoms with Crippen LogP contribution in [0.15, 0.2) is 40.6 Å². The SMILES string of the molecule is CCc1ccc(OC)c(S(=O)(=O)NCC2CCN(Cc3cccs3)CC2)c1. The summed E-state index contributed by atoms with van der Waals surface area (Å²) in [5.74, 6) is 0.769. The molecule has 0 amide bonds. The van der Waals surface area contributed by atoms with Gasteiger partial charge in [-0.05, 0) is 67.4 Å². The minimum absolute atomic E-state index is 0.236. The number of nitrogens with zero attached hydrogens (tertiary/aromatic N) is 1. The summed E-state index contributed by atoms with van der Waals surface area (Å²) in [5.41, 5.74) is 0.984. The van der Waals surface area contributed by atoms with Crippen LogP contribution in [-0.4, -0.2) is 40.1 Å². The molecule has 1 saturated heterocycles. The summed E-state index contributed by atoms with van der Waals surface area (Å²) in [5, 5.41) is 2.11. The van der Waals surface area contributed by atoms with Gasteiger partial charge in [0, 0.05) is 18.0 Å². The van der Waals surface area contributed by atoms with E-state index in [1.54, 1.807) is 23.5 Å². The molecule has 1 aliphatic heterocycles. The van der Waals surface area contributed by atoms with E-state index in [9.17, 15) is 8.42 Å². The first kappa shape index (κ1) is 20.3. The Morgan fingerprint density at radius 2 is 2.04 bits per heavy atom. The number of aryl methyl sites for hydroxylation is 1. The molecule has 1 fully saturated rings. The van der Waals surface area contributed by atoms with Crippen molar-refractivity contribution in [2.24, 2.45) is 5.92 Å². The van der Waals surface area contributed by atoms with E-state index in [2.05, 4.69) is 27.1 Å². The van der Waals surface area contributed by atoms with E-state index in [-0.39, 0.29) is 4.90 Å². The molecule has 148 valence electrons. The van der Waals surface area contributed by atoms with E-state index in [0.717, 1.165) is 44.5 Å². The number of hydrogen-bond acceptors (Lipinski definition) is 5. The van der Waals surface area contributed by atoms with Crippen molar-refractivity contribution in [3.63, 3.8) is 0 Å². The Hall–Kier alpha value is -1.41. The quantitative estimate of drug-likeness (QED) is 0.726. The first-order valence-corrected chi connectivity index (χ1v) is 11.8. The highest BCUT2D eigenvalue weighted by atomic mass is 32.2. The maximum absolute atomic E-state index is 12.8. The Kier molecular flexibility index (Phi) is 6.92. The van der Waals surface area contributed by atoms with E-state index in [1.165, 1.54) is 12.0 Å². The zero-order valence-electron chi connectivity index (χ0n) is 16.0. The van der Waals surface area contributed by atoms with Crippen LogP contribution in [0.3, 0.4) is 0 Å². The molecule has 0 aliphatic carbocycles. The molecule has 0 unspecified atom stereocenters. The Morgan fingerprint density at radius 3 is 2.67 bits per heavy atom. The summed E-state index contributed by atoms with van der Waals surface area (Å²) in [7, 11) is -2.07. The maximum atomic E-state index is 12.8. The van der Waals surface area contributed by atoms with Gasteiger partial charge in [0.25, 0.3) is 0 Å². The lowest BCUT2D eigenvalue weighted by molar-refractivity contribution is 0.180. The number of thiophene rings is 1. The van der Waals surface area contributed by atoms with Crippen molar-refractivity contribution in [2.75, 3.05) is 26.7 Å². The molecule has 3 rings (SSSR count). The van der Waals surface area contributed by atoms with Crippen LogP contribution < -0.4 is 9.46 Å². The van der Waals surface area contributed by atoms with Crippen molar-refractivity contribution in [1.82, 2.24) is 9.62 Å². The van der Waals surface area contributed by atoms with E-state index in [0.29, 0.717) is 18.2 Å². The number of rotatable bonds is 8. The summed E-state index contributed by atoms with van der Waals surface area (Å²) < 4.78 is 33.7. The zero-order chi connectivity index (χ0) is 19.3. The van der Waals surface area contributed by atoms with E-state index in [4.69, 9.17) is 4.74 Å². The third-order valence-electron chi connectivity index (χ3n) is 5.15. The molecule has 1 aromatic heterocycles. The third-order valence-corrected chi connectivity index (χ3v) is 7.46. The molecule has 2 aromatic rings. The van der Waals surface area contributed by atoms with Crippen LogP contribution in [0.5, 0.6) is 5.75 Å². The second kappa shape index (κ2) is 9.19. The van der Waals surface area contributed by atoms with Gasteiger partial charge in [0.1, 0.15) is 10.6 Å². The van der Waals surface area contributed by atoms with Crippen LogP contribution >= 0.6 is 11.3 Å². The highest BCUT2D eigenvalue weighted by Gasteiger charge is 2.24. The average molecular weight is 409 g/mol. The molecule has 27 heavy (non-hydrogen) atoms. The number of likely N-dealkylation sites (tertiary alicyclic amines) is 1. The predicted octanol–water partition coefficient (Wildman–Crippen LogP) is 3.51. The smallest absolute Gasteiger partial charge is 0.244 e. The first-order valence-electron chi connectivity index (χ1n) is 9.43. The second-order valence-corrected chi connectivity index (χ2v) is 9.76. The summed E-state index contributed by atoms with van der Waals surface area (Å²) in [4.78, 5) is 4.07. The highest BCUT2D eigenvalue weighted by Crippen LogP contribution is 2.26. The van der Waals surface area contributed by atoms with Crippen LogP contribution in [0.1, 0.15) is 30.2 Å². The Bertz CT molecular complexity index is 827. The van der Waals surface area contributed by atoms with E-state index >= 15 is 0 Å². The van der Waals surface area contributed by atoms with Crippen molar-refractivity contribution in [3.05, 3.63) is 46.2 Å². The minimum Gasteiger partial charge on any atom is -0.495 e. The summed E-state index contributed by atoms with van der Waals surface area (Å²) in [6, 6.07) is 9.61. The van der Waals surface area contributed by atoms with Crippen LogP contribution in [0.4, 0.5) is 0 Å². The van der Waals surface area contributed by atoms with Crippen molar-refractivity contribution in [1.29, 1.82) is 0 Å². The fourth-order valence-corrected chi connectivity index (χ4v) is 5.51. The van der Waals surface area contributed by atoms with Gasteiger partial charge in [-0.3, -0.25) is 4.90 Å². The van der Waals surface area contributed by atoms with Gasteiger partial charge in [0.2, 0.25) is 10.0 Å². The van der Waals surface area contributed by atoms with E-state index in [1.807, 2.05) is 13.0 Å². The Labute approximate surface area is 166 Å². The Balaban J connectivity index is 1.55. The largest absolute Gasteiger partial charge is 0.495 e. The van der Waals surface area contributed by atoms with Crippen molar-refractivity contribution in [3.8, 4) is 5.75 Å². The number of methoxy groups -OCH3 is 1. The molecular formula is C20H28N2O3S2. The number of hydrogen-bond donors (Lipinski definition) is 1. The second-order valence-electron chi connectivity index (χ2n) is 6.99. The molecule has 1 aliphatic rings. The molecule has 1 N–H and O–H groups in total. The van der Waals surface area contributed by atoms with Gasteiger partial charge in [-0.25, -0.2) is 13.1 Å². The van der Waals surface area contributed by atoms with Gasteiger partial charge in [-0.2, -0.15) is 0 Å². The zero-order valence-corrected chi connectivity index (χ0v) is 17.6. The molecule has 5 nitrogen and oxygen atoms in total. The lowest BCUT2D eigenvalue weighted by Crippen LogP contribution is -2.38. The fraction of sp³-hybridized carbons (Fsp3) is 0.500. The van der Waals surface area contributed by atoms with Crippen LogP contribution in [0, 0.1) is 5.92 Å². The minimum atomic E-state index is -3.58. The van der Waals surface area contributed by atoms with Crippen molar-refractivity contribution in [2.45, 2.75) is 37.6 Å². The molecule has 0 radical (unpaired) electrons. The lowest BCUT2D eigenvalue weighted by Gasteiger charge is -2.31. The Morgan fingerprint density at radius 1 is 1.26 bits per heavy atom.